The SMILES string of the molecule is CC(C)N1C[C@@H]2C[C@H]1CN2c1ccc(Nc2ncc(-c3ccoc3)n3ncnc23)cc1. The van der Waals surface area contributed by atoms with Crippen LogP contribution in [-0.2, 0) is 0 Å². The summed E-state index contributed by atoms with van der Waals surface area (Å²) >= 11 is 0. The van der Waals surface area contributed by atoms with E-state index in [0.29, 0.717) is 29.6 Å². The molecule has 31 heavy (non-hydrogen) atoms. The number of hydrogen-bond acceptors (Lipinski definition) is 7. The summed E-state index contributed by atoms with van der Waals surface area (Å²) in [6.45, 7) is 6.88. The molecule has 2 saturated heterocycles. The van der Waals surface area contributed by atoms with Gasteiger partial charge in [-0.15, -0.1) is 0 Å². The van der Waals surface area contributed by atoms with Crippen LogP contribution in [0.3, 0.4) is 0 Å². The molecule has 0 aliphatic carbocycles. The number of piperazine rings is 1. The van der Waals surface area contributed by atoms with Crippen LogP contribution in [0.5, 0.6) is 0 Å². The highest BCUT2D eigenvalue weighted by Crippen LogP contribution is 2.36. The Hall–Kier alpha value is -3.39. The molecule has 8 heteroatoms. The third kappa shape index (κ3) is 3.06. The molecule has 2 aliphatic rings. The second-order valence-electron chi connectivity index (χ2n) is 8.66. The Morgan fingerprint density at radius 1 is 1.06 bits per heavy atom. The molecule has 0 saturated carbocycles. The number of rotatable bonds is 5. The Balaban J connectivity index is 1.22. The summed E-state index contributed by atoms with van der Waals surface area (Å²) in [4.78, 5) is 14.2. The summed E-state index contributed by atoms with van der Waals surface area (Å²) in [6, 6.07) is 12.4. The maximum atomic E-state index is 5.20. The zero-order chi connectivity index (χ0) is 20.9. The highest BCUT2D eigenvalue weighted by Gasteiger charge is 2.43. The van der Waals surface area contributed by atoms with Gasteiger partial charge in [0.2, 0.25) is 0 Å². The molecule has 2 aliphatic heterocycles. The molecule has 158 valence electrons. The highest BCUT2D eigenvalue weighted by atomic mass is 16.3. The van der Waals surface area contributed by atoms with Gasteiger partial charge in [-0.1, -0.05) is 0 Å². The molecule has 3 aromatic heterocycles. The Morgan fingerprint density at radius 2 is 1.94 bits per heavy atom. The predicted octanol–water partition coefficient (Wildman–Crippen LogP) is 3.80. The van der Waals surface area contributed by atoms with Gasteiger partial charge in [-0.3, -0.25) is 4.90 Å². The molecule has 0 spiro atoms. The Labute approximate surface area is 180 Å². The number of benzene rings is 1. The number of hydrogen-bond donors (Lipinski definition) is 1. The van der Waals surface area contributed by atoms with Crippen LogP contribution in [0.2, 0.25) is 0 Å². The molecular weight excluding hydrogens is 390 g/mol. The van der Waals surface area contributed by atoms with E-state index in [-0.39, 0.29) is 0 Å². The van der Waals surface area contributed by atoms with Crippen molar-refractivity contribution in [2.75, 3.05) is 23.3 Å². The van der Waals surface area contributed by atoms with Gasteiger partial charge in [0.25, 0.3) is 0 Å². The van der Waals surface area contributed by atoms with Crippen LogP contribution in [0.15, 0.2) is 59.8 Å². The summed E-state index contributed by atoms with van der Waals surface area (Å²) in [5.74, 6) is 0.672. The molecule has 0 unspecified atom stereocenters. The largest absolute Gasteiger partial charge is 0.472 e. The molecule has 5 heterocycles. The van der Waals surface area contributed by atoms with Crippen molar-refractivity contribution in [1.82, 2.24) is 24.5 Å². The van der Waals surface area contributed by atoms with E-state index in [1.54, 1.807) is 23.2 Å². The highest BCUT2D eigenvalue weighted by molar-refractivity contribution is 5.73. The lowest BCUT2D eigenvalue weighted by molar-refractivity contribution is 0.191. The number of likely N-dealkylation sites (tertiary alicyclic amines) is 1. The van der Waals surface area contributed by atoms with Crippen LogP contribution in [0.4, 0.5) is 17.2 Å². The van der Waals surface area contributed by atoms with E-state index in [0.717, 1.165) is 23.5 Å². The summed E-state index contributed by atoms with van der Waals surface area (Å²) in [5.41, 5.74) is 4.69. The molecule has 2 fully saturated rings. The van der Waals surface area contributed by atoms with Crippen molar-refractivity contribution in [2.45, 2.75) is 38.4 Å². The van der Waals surface area contributed by atoms with Crippen molar-refractivity contribution in [2.24, 2.45) is 0 Å². The van der Waals surface area contributed by atoms with E-state index in [2.05, 4.69) is 68.3 Å². The minimum atomic E-state index is 0.624. The Morgan fingerprint density at radius 3 is 2.65 bits per heavy atom. The number of nitrogens with one attached hydrogen (secondary N) is 1. The lowest BCUT2D eigenvalue weighted by atomic mass is 10.2. The van der Waals surface area contributed by atoms with E-state index in [9.17, 15) is 0 Å². The maximum absolute atomic E-state index is 5.20. The number of anilines is 3. The van der Waals surface area contributed by atoms with Crippen LogP contribution < -0.4 is 10.2 Å². The van der Waals surface area contributed by atoms with Gasteiger partial charge >= 0.3 is 0 Å². The van der Waals surface area contributed by atoms with Crippen LogP contribution >= 0.6 is 0 Å². The molecule has 0 amide bonds. The van der Waals surface area contributed by atoms with Gasteiger partial charge in [-0.05, 0) is 50.6 Å². The number of nitrogens with zero attached hydrogens (tertiary/aromatic N) is 6. The standard InChI is InChI=1S/C23H25N7O/c1-15(2)28-11-20-9-19(28)12-29(20)18-5-3-17(4-6-18)27-22-23-25-14-26-30(23)21(10-24-22)16-7-8-31-13-16/h3-8,10,13-15,19-20H,9,11-12H2,1-2H3,(H,24,27)/t19-,20-/m0/s1. The van der Waals surface area contributed by atoms with Gasteiger partial charge in [-0.2, -0.15) is 5.10 Å². The first-order valence-corrected chi connectivity index (χ1v) is 10.8. The van der Waals surface area contributed by atoms with Crippen molar-refractivity contribution >= 4 is 22.8 Å². The first kappa shape index (κ1) is 18.4. The van der Waals surface area contributed by atoms with Gasteiger partial charge in [0.05, 0.1) is 24.4 Å². The zero-order valence-corrected chi connectivity index (χ0v) is 17.6. The molecule has 1 N–H and O–H groups in total. The molecule has 0 radical (unpaired) electrons. The topological polar surface area (TPSA) is 74.7 Å². The Kier molecular flexibility index (Phi) is 4.21. The second-order valence-corrected chi connectivity index (χ2v) is 8.66. The normalized spacial score (nSPS) is 20.9. The van der Waals surface area contributed by atoms with E-state index < -0.39 is 0 Å². The van der Waals surface area contributed by atoms with E-state index in [4.69, 9.17) is 4.42 Å². The minimum absolute atomic E-state index is 0.624. The van der Waals surface area contributed by atoms with Gasteiger partial charge in [0, 0.05) is 48.2 Å². The van der Waals surface area contributed by atoms with Crippen molar-refractivity contribution < 1.29 is 4.42 Å². The first-order chi connectivity index (χ1) is 15.2. The zero-order valence-electron chi connectivity index (χ0n) is 17.6. The fraction of sp³-hybridized carbons (Fsp3) is 0.348. The van der Waals surface area contributed by atoms with Crippen LogP contribution in [0.25, 0.3) is 16.9 Å². The number of furan rings is 1. The van der Waals surface area contributed by atoms with Gasteiger partial charge in [-0.25, -0.2) is 14.5 Å². The van der Waals surface area contributed by atoms with Gasteiger partial charge < -0.3 is 14.6 Å². The van der Waals surface area contributed by atoms with Crippen LogP contribution in [-0.4, -0.2) is 55.7 Å². The first-order valence-electron chi connectivity index (χ1n) is 10.8. The smallest absolute Gasteiger partial charge is 0.199 e. The van der Waals surface area contributed by atoms with Crippen molar-refractivity contribution in [3.05, 3.63) is 55.4 Å². The monoisotopic (exact) mass is 415 g/mol. The summed E-state index contributed by atoms with van der Waals surface area (Å²) in [7, 11) is 0. The van der Waals surface area contributed by atoms with Gasteiger partial charge in [0.15, 0.2) is 11.5 Å². The third-order valence-corrected chi connectivity index (χ3v) is 6.53. The molecule has 6 rings (SSSR count). The van der Waals surface area contributed by atoms with E-state index in [1.807, 2.05) is 6.07 Å². The fourth-order valence-electron chi connectivity index (χ4n) is 5.03. The van der Waals surface area contributed by atoms with E-state index >= 15 is 0 Å². The van der Waals surface area contributed by atoms with Crippen molar-refractivity contribution in [3.63, 3.8) is 0 Å². The third-order valence-electron chi connectivity index (χ3n) is 6.53. The number of aromatic nitrogens is 4. The Bertz CT molecular complexity index is 1200. The quantitative estimate of drug-likeness (QED) is 0.531. The van der Waals surface area contributed by atoms with E-state index in [1.165, 1.54) is 25.0 Å². The number of fused-ring (bicyclic) bond motifs is 3. The molecule has 8 nitrogen and oxygen atoms in total. The molecule has 4 aromatic rings. The van der Waals surface area contributed by atoms with Crippen molar-refractivity contribution in [1.29, 1.82) is 0 Å². The predicted molar refractivity (Wildman–Crippen MR) is 120 cm³/mol. The molecule has 2 bridgehead atoms. The lowest BCUT2D eigenvalue weighted by Crippen LogP contribution is -2.48. The average Bonchev–Trinajstić information content (AvgIpc) is 3.58. The second kappa shape index (κ2) is 7.09. The fourth-order valence-corrected chi connectivity index (χ4v) is 5.03. The maximum Gasteiger partial charge on any atom is 0.199 e. The minimum Gasteiger partial charge on any atom is -0.472 e. The summed E-state index contributed by atoms with van der Waals surface area (Å²) in [5, 5.41) is 7.75. The molecule has 1 aromatic carbocycles. The molecule has 2 atom stereocenters. The molecular formula is C23H25N7O. The van der Waals surface area contributed by atoms with Crippen LogP contribution in [0, 0.1) is 0 Å². The summed E-state index contributed by atoms with van der Waals surface area (Å²) in [6.07, 6.45) is 7.91. The van der Waals surface area contributed by atoms with Crippen molar-refractivity contribution in [3.8, 4) is 11.3 Å². The summed E-state index contributed by atoms with van der Waals surface area (Å²) < 4.78 is 6.97. The lowest BCUT2D eigenvalue weighted by Gasteiger charge is -2.37. The van der Waals surface area contributed by atoms with Crippen LogP contribution in [0.1, 0.15) is 20.3 Å². The average molecular weight is 416 g/mol. The van der Waals surface area contributed by atoms with Gasteiger partial charge in [0.1, 0.15) is 6.33 Å².